The third-order valence-corrected chi connectivity index (χ3v) is 4.85. The van der Waals surface area contributed by atoms with Gasteiger partial charge in [-0.3, -0.25) is 4.90 Å². The molecule has 0 bridgehead atoms. The maximum absolute atomic E-state index is 14.3. The minimum absolute atomic E-state index is 0.136. The topological polar surface area (TPSA) is 55.2 Å². The van der Waals surface area contributed by atoms with E-state index in [1.54, 1.807) is 6.07 Å². The van der Waals surface area contributed by atoms with Gasteiger partial charge in [-0.25, -0.2) is 14.1 Å². The van der Waals surface area contributed by atoms with E-state index in [1.807, 2.05) is 12.1 Å². The summed E-state index contributed by atoms with van der Waals surface area (Å²) in [6.07, 6.45) is 3.01. The van der Waals surface area contributed by atoms with Crippen LogP contribution >= 0.6 is 0 Å². The van der Waals surface area contributed by atoms with Crippen molar-refractivity contribution in [2.45, 2.75) is 19.2 Å². The van der Waals surface area contributed by atoms with Gasteiger partial charge in [0.25, 0.3) is 0 Å². The van der Waals surface area contributed by atoms with Crippen LogP contribution in [0.4, 0.5) is 4.39 Å². The molecule has 146 valence electrons. The molecular formula is C21H24FN5O. The Morgan fingerprint density at radius 1 is 1.14 bits per heavy atom. The quantitative estimate of drug-likeness (QED) is 0.681. The SMILES string of the molecule is Fc1cc(CNCC2CN(Cc3ccccc3)CCO2)ccc1-n1cncn1. The molecule has 28 heavy (non-hydrogen) atoms. The molecule has 1 aromatic heterocycles. The third kappa shape index (κ3) is 4.81. The molecule has 0 amide bonds. The van der Waals surface area contributed by atoms with Gasteiger partial charge in [-0.05, 0) is 23.3 Å². The molecule has 0 aliphatic carbocycles. The number of aromatic nitrogens is 3. The molecule has 4 rings (SSSR count). The number of benzene rings is 2. The molecule has 7 heteroatoms. The summed E-state index contributed by atoms with van der Waals surface area (Å²) >= 11 is 0. The zero-order chi connectivity index (χ0) is 19.2. The second-order valence-electron chi connectivity index (χ2n) is 6.97. The highest BCUT2D eigenvalue weighted by Crippen LogP contribution is 2.14. The number of hydrogen-bond donors (Lipinski definition) is 1. The normalized spacial score (nSPS) is 17.7. The summed E-state index contributed by atoms with van der Waals surface area (Å²) in [6, 6.07) is 15.6. The van der Waals surface area contributed by atoms with Gasteiger partial charge in [0.1, 0.15) is 24.2 Å². The number of rotatable bonds is 7. The number of nitrogens with one attached hydrogen (secondary N) is 1. The van der Waals surface area contributed by atoms with E-state index >= 15 is 0 Å². The number of ether oxygens (including phenoxy) is 1. The first kappa shape index (κ1) is 18.7. The molecule has 1 aliphatic heterocycles. The Kier molecular flexibility index (Phi) is 6.06. The summed E-state index contributed by atoms with van der Waals surface area (Å²) in [6.45, 7) is 4.84. The fourth-order valence-electron chi connectivity index (χ4n) is 3.45. The van der Waals surface area contributed by atoms with Crippen LogP contribution in [0.15, 0.2) is 61.2 Å². The fourth-order valence-corrected chi connectivity index (χ4v) is 3.45. The summed E-state index contributed by atoms with van der Waals surface area (Å²) in [5.41, 5.74) is 2.60. The Morgan fingerprint density at radius 3 is 2.82 bits per heavy atom. The lowest BCUT2D eigenvalue weighted by Crippen LogP contribution is -2.46. The van der Waals surface area contributed by atoms with Crippen molar-refractivity contribution in [3.8, 4) is 5.69 Å². The van der Waals surface area contributed by atoms with E-state index in [9.17, 15) is 4.39 Å². The maximum atomic E-state index is 14.3. The maximum Gasteiger partial charge on any atom is 0.149 e. The molecule has 1 N–H and O–H groups in total. The van der Waals surface area contributed by atoms with E-state index in [0.717, 1.165) is 38.3 Å². The standard InChI is InChI=1S/C21H24FN5O/c22-20-10-18(6-7-21(20)27-16-24-15-25-27)11-23-12-19-14-26(8-9-28-19)13-17-4-2-1-3-5-17/h1-7,10,15-16,19,23H,8-9,11-14H2. The molecule has 2 heterocycles. The van der Waals surface area contributed by atoms with Gasteiger partial charge in [0.05, 0.1) is 12.7 Å². The van der Waals surface area contributed by atoms with Crippen LogP contribution < -0.4 is 5.32 Å². The van der Waals surface area contributed by atoms with E-state index in [4.69, 9.17) is 4.74 Å². The van der Waals surface area contributed by atoms with Crippen molar-refractivity contribution >= 4 is 0 Å². The predicted molar refractivity (Wildman–Crippen MR) is 104 cm³/mol. The van der Waals surface area contributed by atoms with Crippen molar-refractivity contribution in [1.82, 2.24) is 25.0 Å². The Labute approximate surface area is 164 Å². The van der Waals surface area contributed by atoms with Crippen LogP contribution in [0.1, 0.15) is 11.1 Å². The second-order valence-corrected chi connectivity index (χ2v) is 6.97. The molecular weight excluding hydrogens is 357 g/mol. The molecule has 0 saturated carbocycles. The zero-order valence-electron chi connectivity index (χ0n) is 15.7. The highest BCUT2D eigenvalue weighted by atomic mass is 19.1. The Bertz CT molecular complexity index is 872. The first-order valence-electron chi connectivity index (χ1n) is 9.50. The van der Waals surface area contributed by atoms with E-state index in [2.05, 4.69) is 44.6 Å². The summed E-state index contributed by atoms with van der Waals surface area (Å²) in [5, 5.41) is 7.35. The lowest BCUT2D eigenvalue weighted by Gasteiger charge is -2.33. The minimum Gasteiger partial charge on any atom is -0.374 e. The number of halogens is 1. The van der Waals surface area contributed by atoms with E-state index in [1.165, 1.54) is 29.0 Å². The first-order valence-corrected chi connectivity index (χ1v) is 9.50. The van der Waals surface area contributed by atoms with Crippen LogP contribution in [0.2, 0.25) is 0 Å². The van der Waals surface area contributed by atoms with Gasteiger partial charge in [-0.1, -0.05) is 36.4 Å². The Balaban J connectivity index is 1.26. The van der Waals surface area contributed by atoms with Crippen molar-refractivity contribution in [3.05, 3.63) is 78.1 Å². The van der Waals surface area contributed by atoms with Gasteiger partial charge in [0, 0.05) is 32.7 Å². The molecule has 1 fully saturated rings. The monoisotopic (exact) mass is 381 g/mol. The average molecular weight is 381 g/mol. The second kappa shape index (κ2) is 9.05. The Hall–Kier alpha value is -2.61. The van der Waals surface area contributed by atoms with Gasteiger partial charge in [-0.2, -0.15) is 5.10 Å². The lowest BCUT2D eigenvalue weighted by molar-refractivity contribution is -0.0300. The highest BCUT2D eigenvalue weighted by Gasteiger charge is 2.20. The van der Waals surface area contributed by atoms with Gasteiger partial charge >= 0.3 is 0 Å². The summed E-state index contributed by atoms with van der Waals surface area (Å²) in [7, 11) is 0. The number of morpholine rings is 1. The first-order chi connectivity index (χ1) is 13.8. The minimum atomic E-state index is -0.312. The van der Waals surface area contributed by atoms with Gasteiger partial charge in [0.15, 0.2) is 0 Å². The molecule has 0 spiro atoms. The van der Waals surface area contributed by atoms with Crippen LogP contribution in [-0.2, 0) is 17.8 Å². The largest absolute Gasteiger partial charge is 0.374 e. The summed E-state index contributed by atoms with van der Waals surface area (Å²) in [4.78, 5) is 6.27. The average Bonchev–Trinajstić information content (AvgIpc) is 3.24. The summed E-state index contributed by atoms with van der Waals surface area (Å²) < 4.78 is 21.6. The van der Waals surface area contributed by atoms with Crippen LogP contribution in [0.25, 0.3) is 5.69 Å². The van der Waals surface area contributed by atoms with Crippen molar-refractivity contribution in [2.24, 2.45) is 0 Å². The highest BCUT2D eigenvalue weighted by molar-refractivity contribution is 5.35. The lowest BCUT2D eigenvalue weighted by atomic mass is 10.1. The van der Waals surface area contributed by atoms with E-state index < -0.39 is 0 Å². The molecule has 0 radical (unpaired) electrons. The van der Waals surface area contributed by atoms with Gasteiger partial charge in [0.2, 0.25) is 0 Å². The summed E-state index contributed by atoms with van der Waals surface area (Å²) in [5.74, 6) is -0.312. The van der Waals surface area contributed by atoms with Gasteiger partial charge in [-0.15, -0.1) is 0 Å². The third-order valence-electron chi connectivity index (χ3n) is 4.85. The molecule has 1 unspecified atom stereocenters. The molecule has 1 aliphatic rings. The van der Waals surface area contributed by atoms with E-state index in [0.29, 0.717) is 12.2 Å². The molecule has 1 atom stereocenters. The van der Waals surface area contributed by atoms with E-state index in [-0.39, 0.29) is 11.9 Å². The zero-order valence-corrected chi connectivity index (χ0v) is 15.7. The van der Waals surface area contributed by atoms with Gasteiger partial charge < -0.3 is 10.1 Å². The smallest absolute Gasteiger partial charge is 0.149 e. The van der Waals surface area contributed by atoms with Crippen molar-refractivity contribution in [3.63, 3.8) is 0 Å². The number of hydrogen-bond acceptors (Lipinski definition) is 5. The van der Waals surface area contributed by atoms with Crippen LogP contribution in [-0.4, -0.2) is 52.0 Å². The molecule has 2 aromatic carbocycles. The van der Waals surface area contributed by atoms with Crippen molar-refractivity contribution < 1.29 is 9.13 Å². The van der Waals surface area contributed by atoms with Crippen LogP contribution in [0.5, 0.6) is 0 Å². The molecule has 3 aromatic rings. The fraction of sp³-hybridized carbons (Fsp3) is 0.333. The number of nitrogens with zero attached hydrogens (tertiary/aromatic N) is 4. The van der Waals surface area contributed by atoms with Crippen LogP contribution in [0, 0.1) is 5.82 Å². The van der Waals surface area contributed by atoms with Crippen molar-refractivity contribution in [2.75, 3.05) is 26.2 Å². The predicted octanol–water partition coefficient (Wildman–Crippen LogP) is 2.40. The van der Waals surface area contributed by atoms with Crippen LogP contribution in [0.3, 0.4) is 0 Å². The Morgan fingerprint density at radius 2 is 2.04 bits per heavy atom. The molecule has 6 nitrogen and oxygen atoms in total. The molecule has 1 saturated heterocycles. The van der Waals surface area contributed by atoms with Crippen molar-refractivity contribution in [1.29, 1.82) is 0 Å².